The van der Waals surface area contributed by atoms with Crippen LogP contribution in [0.15, 0.2) is 35.7 Å². The van der Waals surface area contributed by atoms with E-state index in [9.17, 15) is 0 Å². The molecule has 136 valence electrons. The van der Waals surface area contributed by atoms with Gasteiger partial charge in [-0.25, -0.2) is 0 Å². The molecule has 0 spiro atoms. The third kappa shape index (κ3) is 2.96. The van der Waals surface area contributed by atoms with Crippen molar-refractivity contribution in [3.05, 3.63) is 56.5 Å². The van der Waals surface area contributed by atoms with Crippen LogP contribution >= 0.6 is 23.6 Å². The Hall–Kier alpha value is -1.76. The van der Waals surface area contributed by atoms with Gasteiger partial charge < -0.3 is 9.47 Å². The van der Waals surface area contributed by atoms with Gasteiger partial charge in [0.2, 0.25) is 4.77 Å². The fraction of sp³-hybridized carbons (Fsp3) is 0.400. The van der Waals surface area contributed by atoms with E-state index >= 15 is 0 Å². The number of thiophene rings is 1. The summed E-state index contributed by atoms with van der Waals surface area (Å²) in [5.74, 6) is 0.953. The molecule has 0 fully saturated rings. The van der Waals surface area contributed by atoms with Crippen molar-refractivity contribution in [2.24, 2.45) is 7.05 Å². The standard InChI is InChI=1S/C20H24N4S2/c1-4-17-16-10-12-26-18(16)9-11-23(17)13-24-20(25)22(3)19(21-24)15-8-6-5-7-14(15)2/h5-8,10,12,17H,4,9,11,13H2,1-3H3/p+1/t17-/m0/s1. The lowest BCUT2D eigenvalue weighted by atomic mass is 9.98. The van der Waals surface area contributed by atoms with E-state index in [2.05, 4.69) is 49.6 Å². The molecule has 1 N–H and O–H groups in total. The van der Waals surface area contributed by atoms with E-state index in [0.29, 0.717) is 6.04 Å². The minimum absolute atomic E-state index is 0.538. The molecule has 0 aliphatic carbocycles. The van der Waals surface area contributed by atoms with Crippen LogP contribution in [-0.2, 0) is 20.1 Å². The summed E-state index contributed by atoms with van der Waals surface area (Å²) >= 11 is 7.61. The zero-order valence-corrected chi connectivity index (χ0v) is 17.2. The molecule has 1 aliphatic heterocycles. The van der Waals surface area contributed by atoms with Gasteiger partial charge in [0, 0.05) is 35.9 Å². The summed E-state index contributed by atoms with van der Waals surface area (Å²) < 4.78 is 4.85. The molecule has 3 heterocycles. The highest BCUT2D eigenvalue weighted by Crippen LogP contribution is 2.27. The van der Waals surface area contributed by atoms with E-state index in [0.717, 1.165) is 42.2 Å². The number of aromatic nitrogens is 3. The zero-order valence-electron chi connectivity index (χ0n) is 15.5. The number of rotatable bonds is 4. The van der Waals surface area contributed by atoms with Crippen LogP contribution in [-0.4, -0.2) is 20.9 Å². The molecule has 0 radical (unpaired) electrons. The largest absolute Gasteiger partial charge is 0.310 e. The number of fused-ring (bicyclic) bond motifs is 1. The zero-order chi connectivity index (χ0) is 18.3. The van der Waals surface area contributed by atoms with Gasteiger partial charge in [-0.15, -0.1) is 16.4 Å². The van der Waals surface area contributed by atoms with E-state index in [1.165, 1.54) is 11.1 Å². The average Bonchev–Trinajstić information content (AvgIpc) is 3.22. The van der Waals surface area contributed by atoms with Gasteiger partial charge in [-0.1, -0.05) is 31.2 Å². The van der Waals surface area contributed by atoms with E-state index < -0.39 is 0 Å². The van der Waals surface area contributed by atoms with E-state index in [-0.39, 0.29) is 0 Å². The highest BCUT2D eigenvalue weighted by Gasteiger charge is 2.31. The van der Waals surface area contributed by atoms with Crippen LogP contribution in [0.5, 0.6) is 0 Å². The third-order valence-corrected chi connectivity index (χ3v) is 6.99. The predicted molar refractivity (Wildman–Crippen MR) is 109 cm³/mol. The number of quaternary nitrogens is 1. The number of benzene rings is 1. The Labute approximate surface area is 163 Å². The maximum atomic E-state index is 5.71. The van der Waals surface area contributed by atoms with Crippen LogP contribution in [0.4, 0.5) is 0 Å². The molecule has 2 aromatic heterocycles. The molecule has 1 unspecified atom stereocenters. The smallest absolute Gasteiger partial charge is 0.202 e. The average molecular weight is 386 g/mol. The van der Waals surface area contributed by atoms with Crippen molar-refractivity contribution in [3.8, 4) is 11.4 Å². The normalized spacial score (nSPS) is 19.5. The first-order valence-electron chi connectivity index (χ1n) is 9.20. The molecule has 4 nitrogen and oxygen atoms in total. The SMILES string of the molecule is CC[C@H]1c2ccsc2CC[NH+]1Cn1nc(-c2ccccc2C)n(C)c1=S. The van der Waals surface area contributed by atoms with Crippen LogP contribution in [0.2, 0.25) is 0 Å². The van der Waals surface area contributed by atoms with Crippen LogP contribution in [0.3, 0.4) is 0 Å². The predicted octanol–water partition coefficient (Wildman–Crippen LogP) is 3.54. The minimum Gasteiger partial charge on any atom is -0.310 e. The minimum atomic E-state index is 0.538. The van der Waals surface area contributed by atoms with E-state index in [4.69, 9.17) is 17.3 Å². The fourth-order valence-corrected chi connectivity index (χ4v) is 5.21. The van der Waals surface area contributed by atoms with Gasteiger partial charge >= 0.3 is 0 Å². The van der Waals surface area contributed by atoms with Crippen molar-refractivity contribution >= 4 is 23.6 Å². The number of hydrogen-bond acceptors (Lipinski definition) is 3. The number of nitrogens with zero attached hydrogens (tertiary/aromatic N) is 3. The summed E-state index contributed by atoms with van der Waals surface area (Å²) in [5.41, 5.74) is 3.91. The lowest BCUT2D eigenvalue weighted by Gasteiger charge is -2.31. The van der Waals surface area contributed by atoms with Gasteiger partial charge in [0.25, 0.3) is 0 Å². The summed E-state index contributed by atoms with van der Waals surface area (Å²) in [6.45, 7) is 6.38. The Bertz CT molecular complexity index is 982. The Balaban J connectivity index is 1.67. The highest BCUT2D eigenvalue weighted by atomic mass is 32.1. The van der Waals surface area contributed by atoms with Gasteiger partial charge in [-0.3, -0.25) is 0 Å². The number of aryl methyl sites for hydroxylation is 1. The van der Waals surface area contributed by atoms with Gasteiger partial charge in [0.05, 0.1) is 6.54 Å². The topological polar surface area (TPSA) is 27.2 Å². The number of hydrogen-bond donors (Lipinski definition) is 1. The molecular weight excluding hydrogens is 360 g/mol. The molecule has 0 saturated heterocycles. The van der Waals surface area contributed by atoms with Crippen molar-refractivity contribution < 1.29 is 4.90 Å². The van der Waals surface area contributed by atoms with Crippen LogP contribution < -0.4 is 4.90 Å². The second kappa shape index (κ2) is 7.10. The molecule has 4 rings (SSSR count). The van der Waals surface area contributed by atoms with E-state index in [1.807, 2.05) is 27.6 Å². The first-order valence-corrected chi connectivity index (χ1v) is 10.5. The molecule has 6 heteroatoms. The first-order chi connectivity index (χ1) is 12.6. The van der Waals surface area contributed by atoms with Crippen LogP contribution in [0.1, 0.15) is 35.4 Å². The quantitative estimate of drug-likeness (QED) is 0.696. The molecule has 3 aromatic rings. The summed E-state index contributed by atoms with van der Waals surface area (Å²) in [6, 6.07) is 11.2. The Morgan fingerprint density at radius 1 is 1.31 bits per heavy atom. The molecule has 1 aromatic carbocycles. The lowest BCUT2D eigenvalue weighted by molar-refractivity contribution is -0.956. The maximum Gasteiger partial charge on any atom is 0.202 e. The molecular formula is C20H25N4S2+. The Morgan fingerprint density at radius 2 is 2.12 bits per heavy atom. The van der Waals surface area contributed by atoms with Crippen molar-refractivity contribution in [2.45, 2.75) is 39.4 Å². The van der Waals surface area contributed by atoms with Crippen molar-refractivity contribution in [2.75, 3.05) is 6.54 Å². The fourth-order valence-electron chi connectivity index (χ4n) is 4.07. The second-order valence-electron chi connectivity index (χ2n) is 7.06. The maximum absolute atomic E-state index is 5.71. The van der Waals surface area contributed by atoms with Gasteiger partial charge in [-0.05, 0) is 36.2 Å². The van der Waals surface area contributed by atoms with Crippen LogP contribution in [0.25, 0.3) is 11.4 Å². The van der Waals surface area contributed by atoms with Crippen molar-refractivity contribution in [1.29, 1.82) is 0 Å². The summed E-state index contributed by atoms with van der Waals surface area (Å²) in [4.78, 5) is 3.12. The molecule has 26 heavy (non-hydrogen) atoms. The first kappa shape index (κ1) is 17.6. The van der Waals surface area contributed by atoms with Crippen molar-refractivity contribution in [3.63, 3.8) is 0 Å². The Morgan fingerprint density at radius 3 is 2.88 bits per heavy atom. The molecule has 0 bridgehead atoms. The van der Waals surface area contributed by atoms with Gasteiger partial charge in [0.1, 0.15) is 6.04 Å². The molecule has 0 amide bonds. The second-order valence-corrected chi connectivity index (χ2v) is 8.42. The highest BCUT2D eigenvalue weighted by molar-refractivity contribution is 7.71. The third-order valence-electron chi connectivity index (χ3n) is 5.51. The molecule has 1 aliphatic rings. The van der Waals surface area contributed by atoms with E-state index in [1.54, 1.807) is 9.78 Å². The summed E-state index contributed by atoms with van der Waals surface area (Å²) in [7, 11) is 2.02. The summed E-state index contributed by atoms with van der Waals surface area (Å²) in [6.07, 6.45) is 2.30. The molecule has 0 saturated carbocycles. The van der Waals surface area contributed by atoms with Crippen LogP contribution in [0, 0.1) is 11.7 Å². The molecule has 2 atom stereocenters. The Kier molecular flexibility index (Phi) is 4.82. The number of nitrogens with one attached hydrogen (secondary N) is 1. The summed E-state index contributed by atoms with van der Waals surface area (Å²) in [5, 5.41) is 7.14. The van der Waals surface area contributed by atoms with Gasteiger partial charge in [0.15, 0.2) is 12.5 Å². The lowest BCUT2D eigenvalue weighted by Crippen LogP contribution is -3.12. The van der Waals surface area contributed by atoms with Crippen molar-refractivity contribution in [1.82, 2.24) is 14.3 Å². The van der Waals surface area contributed by atoms with Gasteiger partial charge in [-0.2, -0.15) is 4.68 Å². The monoisotopic (exact) mass is 385 g/mol.